The third-order valence-corrected chi connectivity index (χ3v) is 6.33. The second-order valence-electron chi connectivity index (χ2n) is 10.0. The molecule has 0 aromatic heterocycles. The van der Waals surface area contributed by atoms with E-state index in [0.29, 0.717) is 24.9 Å². The first-order valence-corrected chi connectivity index (χ1v) is 11.2. The Bertz CT molecular complexity index is 897. The van der Waals surface area contributed by atoms with Crippen LogP contribution < -0.4 is 5.32 Å². The van der Waals surface area contributed by atoms with E-state index in [4.69, 9.17) is 0 Å². The van der Waals surface area contributed by atoms with Crippen molar-refractivity contribution in [2.45, 2.75) is 76.4 Å². The molecule has 0 aliphatic heterocycles. The molecule has 0 saturated heterocycles. The third-order valence-electron chi connectivity index (χ3n) is 6.33. The van der Waals surface area contributed by atoms with E-state index in [0.717, 1.165) is 31.7 Å². The number of aliphatic hydroxyl groups is 1. The van der Waals surface area contributed by atoms with Crippen molar-refractivity contribution in [1.29, 1.82) is 0 Å². The van der Waals surface area contributed by atoms with E-state index in [1.54, 1.807) is 0 Å². The van der Waals surface area contributed by atoms with Crippen LogP contribution in [-0.4, -0.2) is 17.8 Å². The molecular weight excluding hydrogens is 392 g/mol. The van der Waals surface area contributed by atoms with Crippen molar-refractivity contribution in [2.24, 2.45) is 0 Å². The lowest BCUT2D eigenvalue weighted by atomic mass is 9.73. The number of hydrogen-bond acceptors (Lipinski definition) is 2. The second-order valence-corrected chi connectivity index (χ2v) is 10.0. The Kier molecular flexibility index (Phi) is 7.33. The highest BCUT2D eigenvalue weighted by Crippen LogP contribution is 2.40. The lowest BCUT2D eigenvalue weighted by Gasteiger charge is -2.41. The maximum absolute atomic E-state index is 13.4. The van der Waals surface area contributed by atoms with E-state index in [1.165, 1.54) is 28.8 Å². The molecule has 1 aliphatic carbocycles. The van der Waals surface area contributed by atoms with Gasteiger partial charge >= 0.3 is 0 Å². The number of halogens is 2. The predicted molar refractivity (Wildman–Crippen MR) is 123 cm³/mol. The summed E-state index contributed by atoms with van der Waals surface area (Å²) in [5, 5.41) is 14.3. The van der Waals surface area contributed by atoms with Crippen molar-refractivity contribution in [3.63, 3.8) is 0 Å². The highest BCUT2D eigenvalue weighted by atomic mass is 19.1. The van der Waals surface area contributed by atoms with Gasteiger partial charge in [0, 0.05) is 18.2 Å². The molecule has 0 heterocycles. The van der Waals surface area contributed by atoms with Crippen LogP contribution in [0.4, 0.5) is 8.78 Å². The normalized spacial score (nSPS) is 20.6. The Morgan fingerprint density at radius 1 is 1.13 bits per heavy atom. The summed E-state index contributed by atoms with van der Waals surface area (Å²) >= 11 is 0. The fourth-order valence-electron chi connectivity index (χ4n) is 4.53. The molecule has 0 radical (unpaired) electrons. The van der Waals surface area contributed by atoms with Gasteiger partial charge in [0.25, 0.3) is 0 Å². The van der Waals surface area contributed by atoms with E-state index in [9.17, 15) is 13.9 Å². The molecule has 1 unspecified atom stereocenters. The first kappa shape index (κ1) is 23.6. The van der Waals surface area contributed by atoms with Gasteiger partial charge in [-0.2, -0.15) is 0 Å². The summed E-state index contributed by atoms with van der Waals surface area (Å²) in [5.74, 6) is -1.16. The van der Waals surface area contributed by atoms with Crippen LogP contribution in [0, 0.1) is 11.6 Å². The molecule has 2 aromatic rings. The zero-order valence-corrected chi connectivity index (χ0v) is 19.0. The van der Waals surface area contributed by atoms with Gasteiger partial charge in [0.2, 0.25) is 0 Å². The number of rotatable bonds is 7. The van der Waals surface area contributed by atoms with Crippen molar-refractivity contribution < 1.29 is 13.9 Å². The molecule has 1 fully saturated rings. The Labute approximate surface area is 185 Å². The monoisotopic (exact) mass is 427 g/mol. The van der Waals surface area contributed by atoms with Crippen LogP contribution in [0.1, 0.15) is 69.6 Å². The Hall–Kier alpha value is -2.04. The average molecular weight is 428 g/mol. The predicted octanol–water partition coefficient (Wildman–Crippen LogP) is 6.17. The number of benzene rings is 2. The van der Waals surface area contributed by atoms with E-state index in [1.807, 2.05) is 0 Å². The van der Waals surface area contributed by atoms with Gasteiger partial charge < -0.3 is 10.4 Å². The van der Waals surface area contributed by atoms with Gasteiger partial charge in [-0.1, -0.05) is 57.2 Å². The summed E-state index contributed by atoms with van der Waals surface area (Å²) in [6.45, 7) is 11.3. The summed E-state index contributed by atoms with van der Waals surface area (Å²) in [5.41, 5.74) is 4.13. The van der Waals surface area contributed by atoms with Crippen molar-refractivity contribution in [1.82, 2.24) is 5.32 Å². The van der Waals surface area contributed by atoms with Crippen LogP contribution in [0.3, 0.4) is 0 Å². The van der Waals surface area contributed by atoms with Gasteiger partial charge in [-0.25, -0.2) is 8.78 Å². The second kappa shape index (κ2) is 9.62. The number of nitrogens with one attached hydrogen (secondary N) is 1. The first-order chi connectivity index (χ1) is 14.6. The minimum atomic E-state index is -0.607. The van der Waals surface area contributed by atoms with Crippen LogP contribution >= 0.6 is 0 Å². The topological polar surface area (TPSA) is 32.3 Å². The lowest BCUT2D eigenvalue weighted by Crippen LogP contribution is -2.47. The van der Waals surface area contributed by atoms with Crippen molar-refractivity contribution in [2.75, 3.05) is 6.54 Å². The summed E-state index contributed by atoms with van der Waals surface area (Å²) in [6, 6.07) is 12.3. The molecule has 2 aromatic carbocycles. The van der Waals surface area contributed by atoms with Gasteiger partial charge in [0.1, 0.15) is 11.6 Å². The standard InChI is InChI=1S/C27H35F2NO/c1-19-7-6-12-27(17-19,22-9-5-8-21(15-22)26(2,3)4)30-18-25(31)11-10-20-13-23(28)16-24(29)14-20/h5,8-9,13-16,25,30-31H,1,6-7,10-12,17-18H2,2-4H3/t25-,27?/m0/s1. The molecule has 1 aliphatic rings. The molecule has 168 valence electrons. The van der Waals surface area contributed by atoms with Gasteiger partial charge in [-0.3, -0.25) is 0 Å². The molecule has 1 saturated carbocycles. The van der Waals surface area contributed by atoms with E-state index < -0.39 is 17.7 Å². The van der Waals surface area contributed by atoms with E-state index in [2.05, 4.69) is 56.9 Å². The molecule has 0 amide bonds. The van der Waals surface area contributed by atoms with Gasteiger partial charge in [-0.05, 0) is 72.8 Å². The van der Waals surface area contributed by atoms with Gasteiger partial charge in [-0.15, -0.1) is 0 Å². The molecule has 2 atom stereocenters. The van der Waals surface area contributed by atoms with Crippen molar-refractivity contribution in [3.8, 4) is 0 Å². The minimum Gasteiger partial charge on any atom is -0.392 e. The molecule has 2 nitrogen and oxygen atoms in total. The zero-order valence-electron chi connectivity index (χ0n) is 19.0. The average Bonchev–Trinajstić information content (AvgIpc) is 2.69. The summed E-state index contributed by atoms with van der Waals surface area (Å²) in [4.78, 5) is 0. The van der Waals surface area contributed by atoms with Gasteiger partial charge in [0.05, 0.1) is 6.10 Å². The quantitative estimate of drug-likeness (QED) is 0.518. The highest BCUT2D eigenvalue weighted by molar-refractivity contribution is 5.35. The zero-order chi connectivity index (χ0) is 22.6. The maximum atomic E-state index is 13.4. The number of aryl methyl sites for hydroxylation is 1. The fourth-order valence-corrected chi connectivity index (χ4v) is 4.53. The van der Waals surface area contributed by atoms with Crippen LogP contribution in [0.2, 0.25) is 0 Å². The first-order valence-electron chi connectivity index (χ1n) is 11.2. The van der Waals surface area contributed by atoms with Crippen LogP contribution in [0.5, 0.6) is 0 Å². The van der Waals surface area contributed by atoms with Crippen molar-refractivity contribution >= 4 is 0 Å². The molecule has 3 rings (SSSR count). The number of hydrogen-bond donors (Lipinski definition) is 2. The van der Waals surface area contributed by atoms with Crippen LogP contribution in [0.15, 0.2) is 54.6 Å². The van der Waals surface area contributed by atoms with E-state index >= 15 is 0 Å². The minimum absolute atomic E-state index is 0.0582. The molecule has 4 heteroatoms. The third kappa shape index (κ3) is 6.24. The lowest BCUT2D eigenvalue weighted by molar-refractivity contribution is 0.137. The Balaban J connectivity index is 1.72. The molecule has 2 N–H and O–H groups in total. The Morgan fingerprint density at radius 3 is 2.48 bits per heavy atom. The smallest absolute Gasteiger partial charge is 0.126 e. The van der Waals surface area contributed by atoms with Crippen LogP contribution in [-0.2, 0) is 17.4 Å². The van der Waals surface area contributed by atoms with Crippen molar-refractivity contribution in [3.05, 3.63) is 82.9 Å². The number of aliphatic hydroxyl groups excluding tert-OH is 1. The molecule has 0 spiro atoms. The summed E-state index contributed by atoms with van der Waals surface area (Å²) < 4.78 is 26.8. The maximum Gasteiger partial charge on any atom is 0.126 e. The molecular formula is C27H35F2NO. The highest BCUT2D eigenvalue weighted by Gasteiger charge is 2.35. The summed E-state index contributed by atoms with van der Waals surface area (Å²) in [6.07, 6.45) is 4.19. The fraction of sp³-hybridized carbons (Fsp3) is 0.481. The SMILES string of the molecule is C=C1CCCC(NC[C@@H](O)CCc2cc(F)cc(F)c2)(c2cccc(C(C)(C)C)c2)C1. The Morgan fingerprint density at radius 2 is 1.84 bits per heavy atom. The van der Waals surface area contributed by atoms with Crippen LogP contribution in [0.25, 0.3) is 0 Å². The molecule has 0 bridgehead atoms. The van der Waals surface area contributed by atoms with E-state index in [-0.39, 0.29) is 11.0 Å². The molecule has 31 heavy (non-hydrogen) atoms. The summed E-state index contributed by atoms with van der Waals surface area (Å²) in [7, 11) is 0. The van der Waals surface area contributed by atoms with Gasteiger partial charge in [0.15, 0.2) is 0 Å². The largest absolute Gasteiger partial charge is 0.392 e.